The Morgan fingerprint density at radius 3 is 2.95 bits per heavy atom. The van der Waals surface area contributed by atoms with Gasteiger partial charge in [0.05, 0.1) is 17.5 Å². The van der Waals surface area contributed by atoms with Crippen LogP contribution in [-0.4, -0.2) is 35.1 Å². The summed E-state index contributed by atoms with van der Waals surface area (Å²) < 4.78 is 0. The zero-order chi connectivity index (χ0) is 14.0. The van der Waals surface area contributed by atoms with Crippen molar-refractivity contribution in [2.24, 2.45) is 5.92 Å². The molecule has 0 saturated carbocycles. The Bertz CT molecular complexity index is 455. The van der Waals surface area contributed by atoms with E-state index >= 15 is 0 Å². The molecule has 106 valence electrons. The Labute approximate surface area is 119 Å². The predicted octanol–water partition coefficient (Wildman–Crippen LogP) is 2.85. The molecule has 4 heteroatoms. The van der Waals surface area contributed by atoms with Crippen LogP contribution in [0.15, 0.2) is 6.07 Å². The summed E-state index contributed by atoms with van der Waals surface area (Å²) in [6.45, 7) is 7.19. The first kappa shape index (κ1) is 14.5. The summed E-state index contributed by atoms with van der Waals surface area (Å²) in [6, 6.07) is 2.04. The van der Waals surface area contributed by atoms with Crippen LogP contribution in [0.3, 0.4) is 0 Å². The standard InChI is InChI=1S/C15H23NO2S/c1-4-5-12-8-14(19-11(12)3)15(18)16-7-6-10(2)13(16)9-17/h8,10,13,17H,4-7,9H2,1-3H3. The number of amides is 1. The normalized spacial score (nSPS) is 23.1. The summed E-state index contributed by atoms with van der Waals surface area (Å²) in [4.78, 5) is 16.5. The molecule has 1 aliphatic heterocycles. The maximum atomic E-state index is 12.6. The SMILES string of the molecule is CCCc1cc(C(=O)N2CCC(C)C2CO)sc1C. The van der Waals surface area contributed by atoms with Gasteiger partial charge in [-0.15, -0.1) is 11.3 Å². The second-order valence-electron chi connectivity index (χ2n) is 5.46. The van der Waals surface area contributed by atoms with Crippen LogP contribution in [0.25, 0.3) is 0 Å². The van der Waals surface area contributed by atoms with E-state index < -0.39 is 0 Å². The first-order valence-corrected chi connectivity index (χ1v) is 7.91. The minimum Gasteiger partial charge on any atom is -0.394 e. The van der Waals surface area contributed by atoms with Crippen molar-refractivity contribution in [3.05, 3.63) is 21.4 Å². The van der Waals surface area contributed by atoms with Crippen LogP contribution in [0.1, 0.15) is 46.8 Å². The summed E-state index contributed by atoms with van der Waals surface area (Å²) in [5.41, 5.74) is 1.30. The van der Waals surface area contributed by atoms with Crippen molar-refractivity contribution in [2.75, 3.05) is 13.2 Å². The van der Waals surface area contributed by atoms with E-state index in [9.17, 15) is 9.90 Å². The molecule has 2 atom stereocenters. The number of likely N-dealkylation sites (tertiary alicyclic amines) is 1. The molecular weight excluding hydrogens is 258 g/mol. The van der Waals surface area contributed by atoms with E-state index in [1.807, 2.05) is 11.0 Å². The highest BCUT2D eigenvalue weighted by Gasteiger charge is 2.34. The number of carbonyl (C=O) groups is 1. The monoisotopic (exact) mass is 281 g/mol. The maximum absolute atomic E-state index is 12.6. The van der Waals surface area contributed by atoms with Gasteiger partial charge in [-0.3, -0.25) is 4.79 Å². The Hall–Kier alpha value is -0.870. The van der Waals surface area contributed by atoms with Crippen LogP contribution in [0.2, 0.25) is 0 Å². The highest BCUT2D eigenvalue weighted by atomic mass is 32.1. The zero-order valence-electron chi connectivity index (χ0n) is 12.0. The molecule has 2 heterocycles. The van der Waals surface area contributed by atoms with E-state index in [1.165, 1.54) is 10.4 Å². The lowest BCUT2D eigenvalue weighted by Gasteiger charge is -2.24. The van der Waals surface area contributed by atoms with Crippen molar-refractivity contribution in [3.63, 3.8) is 0 Å². The van der Waals surface area contributed by atoms with Crippen LogP contribution in [-0.2, 0) is 6.42 Å². The molecule has 1 amide bonds. The van der Waals surface area contributed by atoms with Crippen LogP contribution in [0.5, 0.6) is 0 Å². The van der Waals surface area contributed by atoms with Crippen LogP contribution in [0.4, 0.5) is 0 Å². The lowest BCUT2D eigenvalue weighted by Crippen LogP contribution is -2.39. The molecule has 2 unspecified atom stereocenters. The number of aryl methyl sites for hydroxylation is 2. The third kappa shape index (κ3) is 2.84. The van der Waals surface area contributed by atoms with Crippen LogP contribution < -0.4 is 0 Å². The largest absolute Gasteiger partial charge is 0.394 e. The predicted molar refractivity (Wildman–Crippen MR) is 78.7 cm³/mol. The van der Waals surface area contributed by atoms with E-state index in [4.69, 9.17) is 0 Å². The number of thiophene rings is 1. The molecule has 1 fully saturated rings. The minimum atomic E-state index is -0.00969. The van der Waals surface area contributed by atoms with E-state index in [2.05, 4.69) is 20.8 Å². The average molecular weight is 281 g/mol. The summed E-state index contributed by atoms with van der Waals surface area (Å²) in [5, 5.41) is 9.46. The molecule has 1 aliphatic rings. The summed E-state index contributed by atoms with van der Waals surface area (Å²) in [7, 11) is 0. The highest BCUT2D eigenvalue weighted by molar-refractivity contribution is 7.14. The Balaban J connectivity index is 2.17. The lowest BCUT2D eigenvalue weighted by atomic mass is 10.0. The number of rotatable bonds is 4. The molecule has 2 rings (SSSR count). The smallest absolute Gasteiger partial charge is 0.264 e. The molecule has 0 radical (unpaired) electrons. The lowest BCUT2D eigenvalue weighted by molar-refractivity contribution is 0.0653. The second-order valence-corrected chi connectivity index (χ2v) is 6.71. The van der Waals surface area contributed by atoms with Crippen molar-refractivity contribution in [3.8, 4) is 0 Å². The van der Waals surface area contributed by atoms with Gasteiger partial charge in [-0.25, -0.2) is 0 Å². The van der Waals surface area contributed by atoms with Crippen molar-refractivity contribution in [1.82, 2.24) is 4.90 Å². The van der Waals surface area contributed by atoms with Gasteiger partial charge in [0.2, 0.25) is 0 Å². The van der Waals surface area contributed by atoms with Crippen molar-refractivity contribution in [2.45, 2.75) is 46.1 Å². The van der Waals surface area contributed by atoms with Gasteiger partial charge in [-0.2, -0.15) is 0 Å². The van der Waals surface area contributed by atoms with Gasteiger partial charge in [0, 0.05) is 11.4 Å². The topological polar surface area (TPSA) is 40.5 Å². The maximum Gasteiger partial charge on any atom is 0.264 e. The Morgan fingerprint density at radius 1 is 1.58 bits per heavy atom. The molecule has 0 spiro atoms. The van der Waals surface area contributed by atoms with E-state index in [0.29, 0.717) is 5.92 Å². The Morgan fingerprint density at radius 2 is 2.32 bits per heavy atom. The molecule has 0 bridgehead atoms. The number of hydrogen-bond donors (Lipinski definition) is 1. The quantitative estimate of drug-likeness (QED) is 0.922. The minimum absolute atomic E-state index is 0.00969. The van der Waals surface area contributed by atoms with Crippen molar-refractivity contribution < 1.29 is 9.90 Å². The van der Waals surface area contributed by atoms with Gasteiger partial charge in [0.1, 0.15) is 0 Å². The van der Waals surface area contributed by atoms with Crippen molar-refractivity contribution in [1.29, 1.82) is 0 Å². The Kier molecular flexibility index (Phi) is 4.63. The van der Waals surface area contributed by atoms with E-state index in [0.717, 1.165) is 30.7 Å². The molecule has 0 aromatic carbocycles. The van der Waals surface area contributed by atoms with Gasteiger partial charge in [-0.1, -0.05) is 20.3 Å². The number of hydrogen-bond acceptors (Lipinski definition) is 3. The van der Waals surface area contributed by atoms with Gasteiger partial charge >= 0.3 is 0 Å². The van der Waals surface area contributed by atoms with E-state index in [-0.39, 0.29) is 18.6 Å². The fourth-order valence-electron chi connectivity index (χ4n) is 2.82. The molecule has 1 saturated heterocycles. The van der Waals surface area contributed by atoms with Gasteiger partial charge < -0.3 is 10.0 Å². The zero-order valence-corrected chi connectivity index (χ0v) is 12.8. The second kappa shape index (κ2) is 6.06. The molecule has 3 nitrogen and oxygen atoms in total. The van der Waals surface area contributed by atoms with E-state index in [1.54, 1.807) is 11.3 Å². The highest BCUT2D eigenvalue weighted by Crippen LogP contribution is 2.29. The first-order chi connectivity index (χ1) is 9.08. The summed E-state index contributed by atoms with van der Waals surface area (Å²) >= 11 is 1.59. The molecular formula is C15H23NO2S. The summed E-state index contributed by atoms with van der Waals surface area (Å²) in [6.07, 6.45) is 3.13. The molecule has 19 heavy (non-hydrogen) atoms. The first-order valence-electron chi connectivity index (χ1n) is 7.09. The van der Waals surface area contributed by atoms with Crippen molar-refractivity contribution >= 4 is 17.2 Å². The van der Waals surface area contributed by atoms with Crippen LogP contribution >= 0.6 is 11.3 Å². The number of carbonyl (C=O) groups excluding carboxylic acids is 1. The number of aliphatic hydroxyl groups excluding tert-OH is 1. The van der Waals surface area contributed by atoms with Gasteiger partial charge in [0.25, 0.3) is 5.91 Å². The average Bonchev–Trinajstić information content (AvgIpc) is 2.93. The van der Waals surface area contributed by atoms with Gasteiger partial charge in [0.15, 0.2) is 0 Å². The third-order valence-corrected chi connectivity index (χ3v) is 5.16. The molecule has 1 aromatic heterocycles. The fraction of sp³-hybridized carbons (Fsp3) is 0.667. The fourth-order valence-corrected chi connectivity index (χ4v) is 3.85. The van der Waals surface area contributed by atoms with Gasteiger partial charge in [-0.05, 0) is 37.3 Å². The number of nitrogens with zero attached hydrogens (tertiary/aromatic N) is 1. The third-order valence-electron chi connectivity index (χ3n) is 4.08. The number of aliphatic hydroxyl groups is 1. The summed E-state index contributed by atoms with van der Waals surface area (Å²) in [5.74, 6) is 0.490. The molecule has 0 aliphatic carbocycles. The van der Waals surface area contributed by atoms with Crippen LogP contribution in [0, 0.1) is 12.8 Å². The molecule has 1 N–H and O–H groups in total. The molecule has 1 aromatic rings.